The quantitative estimate of drug-likeness (QED) is 0.849. The zero-order valence-electron chi connectivity index (χ0n) is 11.2. The van der Waals surface area contributed by atoms with Crippen molar-refractivity contribution in [3.63, 3.8) is 0 Å². The van der Waals surface area contributed by atoms with Crippen LogP contribution >= 0.6 is 0 Å². The third kappa shape index (κ3) is 3.33. The molecule has 3 nitrogen and oxygen atoms in total. The van der Waals surface area contributed by atoms with E-state index in [-0.39, 0.29) is 17.4 Å². The smallest absolute Gasteiger partial charge is 0.220 e. The Bertz CT molecular complexity index is 400. The molecule has 0 spiro atoms. The molecule has 0 radical (unpaired) electrons. The van der Waals surface area contributed by atoms with Gasteiger partial charge in [0, 0.05) is 25.6 Å². The van der Waals surface area contributed by atoms with Gasteiger partial charge in [-0.25, -0.2) is 0 Å². The van der Waals surface area contributed by atoms with E-state index in [1.807, 2.05) is 18.2 Å². The summed E-state index contributed by atoms with van der Waals surface area (Å²) in [5.74, 6) is 0.153. The molecule has 2 N–H and O–H groups in total. The third-order valence-corrected chi connectivity index (χ3v) is 3.69. The van der Waals surface area contributed by atoms with Crippen molar-refractivity contribution < 1.29 is 4.79 Å². The van der Waals surface area contributed by atoms with E-state index in [1.54, 1.807) is 0 Å². The molecule has 1 aliphatic rings. The summed E-state index contributed by atoms with van der Waals surface area (Å²) in [6.07, 6.45) is 1.38. The number of amides is 1. The van der Waals surface area contributed by atoms with E-state index < -0.39 is 0 Å². The Morgan fingerprint density at radius 2 is 2.11 bits per heavy atom. The maximum absolute atomic E-state index is 11.9. The number of hydrogen-bond acceptors (Lipinski definition) is 2. The maximum Gasteiger partial charge on any atom is 0.220 e. The van der Waals surface area contributed by atoms with Crippen molar-refractivity contribution in [3.8, 4) is 0 Å². The molecule has 1 aromatic carbocycles. The normalized spacial score (nSPS) is 21.8. The van der Waals surface area contributed by atoms with Crippen LogP contribution in [0, 0.1) is 5.41 Å². The molecule has 0 saturated carbocycles. The summed E-state index contributed by atoms with van der Waals surface area (Å²) < 4.78 is 0. The summed E-state index contributed by atoms with van der Waals surface area (Å²) >= 11 is 0. The molecule has 1 saturated heterocycles. The second kappa shape index (κ2) is 5.53. The van der Waals surface area contributed by atoms with Gasteiger partial charge >= 0.3 is 0 Å². The molecule has 1 fully saturated rings. The standard InChI is InChI=1S/C15H22N2O/c1-15(2)11-16-10-13(15)17-14(18)9-8-12-6-4-3-5-7-12/h3-7,13,16H,8-11H2,1-2H3,(H,17,18). The fraction of sp³-hybridized carbons (Fsp3) is 0.533. The zero-order valence-corrected chi connectivity index (χ0v) is 11.2. The van der Waals surface area contributed by atoms with E-state index in [1.165, 1.54) is 5.56 Å². The zero-order chi connectivity index (χ0) is 13.0. The van der Waals surface area contributed by atoms with Crippen LogP contribution in [-0.4, -0.2) is 25.0 Å². The molecule has 2 rings (SSSR count). The Morgan fingerprint density at radius 1 is 1.39 bits per heavy atom. The first kappa shape index (κ1) is 13.1. The minimum atomic E-state index is 0.153. The van der Waals surface area contributed by atoms with Gasteiger partial charge in [0.25, 0.3) is 0 Å². The number of nitrogens with one attached hydrogen (secondary N) is 2. The lowest BCUT2D eigenvalue weighted by Crippen LogP contribution is -2.44. The molecule has 1 aromatic rings. The van der Waals surface area contributed by atoms with Gasteiger partial charge in [-0.1, -0.05) is 44.2 Å². The second-order valence-electron chi connectivity index (χ2n) is 5.73. The van der Waals surface area contributed by atoms with Crippen LogP contribution in [0.3, 0.4) is 0 Å². The van der Waals surface area contributed by atoms with Crippen LogP contribution < -0.4 is 10.6 Å². The van der Waals surface area contributed by atoms with Crippen LogP contribution in [0.25, 0.3) is 0 Å². The first-order chi connectivity index (χ1) is 8.58. The second-order valence-corrected chi connectivity index (χ2v) is 5.73. The molecule has 1 atom stereocenters. The van der Waals surface area contributed by atoms with E-state index >= 15 is 0 Å². The van der Waals surface area contributed by atoms with Crippen molar-refractivity contribution in [2.45, 2.75) is 32.7 Å². The van der Waals surface area contributed by atoms with E-state index in [4.69, 9.17) is 0 Å². The van der Waals surface area contributed by atoms with Crippen LogP contribution in [0.5, 0.6) is 0 Å². The summed E-state index contributed by atoms with van der Waals surface area (Å²) in [6.45, 7) is 6.23. The molecule has 1 heterocycles. The Kier molecular flexibility index (Phi) is 4.02. The van der Waals surface area contributed by atoms with Crippen LogP contribution in [0.4, 0.5) is 0 Å². The van der Waals surface area contributed by atoms with Crippen LogP contribution in [0.1, 0.15) is 25.8 Å². The average molecular weight is 246 g/mol. The lowest BCUT2D eigenvalue weighted by molar-refractivity contribution is -0.122. The topological polar surface area (TPSA) is 41.1 Å². The van der Waals surface area contributed by atoms with Crippen LogP contribution in [0.2, 0.25) is 0 Å². The Balaban J connectivity index is 1.79. The molecular weight excluding hydrogens is 224 g/mol. The number of benzene rings is 1. The Morgan fingerprint density at radius 3 is 2.72 bits per heavy atom. The van der Waals surface area contributed by atoms with E-state index in [9.17, 15) is 4.79 Å². The van der Waals surface area contributed by atoms with Gasteiger partial charge in [0.1, 0.15) is 0 Å². The largest absolute Gasteiger partial charge is 0.351 e. The van der Waals surface area contributed by atoms with Gasteiger partial charge in [-0.05, 0) is 17.4 Å². The Hall–Kier alpha value is -1.35. The number of hydrogen-bond donors (Lipinski definition) is 2. The molecule has 1 unspecified atom stereocenters. The van der Waals surface area contributed by atoms with E-state index in [0.29, 0.717) is 6.42 Å². The van der Waals surface area contributed by atoms with Crippen molar-refractivity contribution in [2.24, 2.45) is 5.41 Å². The van der Waals surface area contributed by atoms with Gasteiger partial charge in [0.15, 0.2) is 0 Å². The summed E-state index contributed by atoms with van der Waals surface area (Å²) in [5.41, 5.74) is 1.37. The molecule has 0 aliphatic carbocycles. The number of carbonyl (C=O) groups is 1. The average Bonchev–Trinajstić information content (AvgIpc) is 2.68. The van der Waals surface area contributed by atoms with Crippen LogP contribution in [-0.2, 0) is 11.2 Å². The first-order valence-electron chi connectivity index (χ1n) is 6.62. The summed E-state index contributed by atoms with van der Waals surface area (Å²) in [5, 5.41) is 6.46. The third-order valence-electron chi connectivity index (χ3n) is 3.69. The Labute approximate surface area is 109 Å². The highest BCUT2D eigenvalue weighted by Gasteiger charge is 2.35. The van der Waals surface area contributed by atoms with Gasteiger partial charge in [-0.2, -0.15) is 0 Å². The molecule has 0 bridgehead atoms. The van der Waals surface area contributed by atoms with Gasteiger partial charge < -0.3 is 10.6 Å². The molecule has 0 aromatic heterocycles. The highest BCUT2D eigenvalue weighted by molar-refractivity contribution is 5.76. The maximum atomic E-state index is 11.9. The fourth-order valence-corrected chi connectivity index (χ4v) is 2.35. The van der Waals surface area contributed by atoms with Gasteiger partial charge in [0.05, 0.1) is 0 Å². The van der Waals surface area contributed by atoms with Gasteiger partial charge in [-0.15, -0.1) is 0 Å². The number of aryl methyl sites for hydroxylation is 1. The summed E-state index contributed by atoms with van der Waals surface area (Å²) in [6, 6.07) is 10.4. The predicted molar refractivity (Wildman–Crippen MR) is 73.3 cm³/mol. The monoisotopic (exact) mass is 246 g/mol. The highest BCUT2D eigenvalue weighted by atomic mass is 16.1. The van der Waals surface area contributed by atoms with E-state index in [2.05, 4.69) is 36.6 Å². The fourth-order valence-electron chi connectivity index (χ4n) is 2.35. The summed E-state index contributed by atoms with van der Waals surface area (Å²) in [7, 11) is 0. The molecule has 1 amide bonds. The number of carbonyl (C=O) groups excluding carboxylic acids is 1. The first-order valence-corrected chi connectivity index (χ1v) is 6.62. The van der Waals surface area contributed by atoms with Crippen molar-refractivity contribution in [1.29, 1.82) is 0 Å². The molecule has 1 aliphatic heterocycles. The minimum absolute atomic E-state index is 0.153. The molecule has 3 heteroatoms. The van der Waals surface area contributed by atoms with Crippen molar-refractivity contribution in [2.75, 3.05) is 13.1 Å². The summed E-state index contributed by atoms with van der Waals surface area (Å²) in [4.78, 5) is 11.9. The molecule has 98 valence electrons. The predicted octanol–water partition coefficient (Wildman–Crippen LogP) is 1.73. The van der Waals surface area contributed by atoms with Crippen LogP contribution in [0.15, 0.2) is 30.3 Å². The van der Waals surface area contributed by atoms with Gasteiger partial charge in [-0.3, -0.25) is 4.79 Å². The number of rotatable bonds is 4. The molecular formula is C15H22N2O. The lowest BCUT2D eigenvalue weighted by atomic mass is 9.88. The highest BCUT2D eigenvalue weighted by Crippen LogP contribution is 2.23. The molecule has 18 heavy (non-hydrogen) atoms. The lowest BCUT2D eigenvalue weighted by Gasteiger charge is -2.26. The van der Waals surface area contributed by atoms with Crippen molar-refractivity contribution >= 4 is 5.91 Å². The van der Waals surface area contributed by atoms with Gasteiger partial charge in [0.2, 0.25) is 5.91 Å². The SMILES string of the molecule is CC1(C)CNCC1NC(=O)CCc1ccccc1. The van der Waals surface area contributed by atoms with E-state index in [0.717, 1.165) is 19.5 Å². The van der Waals surface area contributed by atoms with Crippen molar-refractivity contribution in [1.82, 2.24) is 10.6 Å². The van der Waals surface area contributed by atoms with Crippen molar-refractivity contribution in [3.05, 3.63) is 35.9 Å². The minimum Gasteiger partial charge on any atom is -0.351 e.